The van der Waals surface area contributed by atoms with Gasteiger partial charge in [0.2, 0.25) is 0 Å². The van der Waals surface area contributed by atoms with Gasteiger partial charge in [-0.2, -0.15) is 0 Å². The van der Waals surface area contributed by atoms with Crippen LogP contribution in [0.15, 0.2) is 24.5 Å². The van der Waals surface area contributed by atoms with Crippen molar-refractivity contribution >= 4 is 5.91 Å². The molecule has 1 fully saturated rings. The molecule has 1 aromatic heterocycles. The van der Waals surface area contributed by atoms with Crippen molar-refractivity contribution in [2.75, 3.05) is 13.7 Å². The monoisotopic (exact) mass is 220 g/mol. The minimum Gasteiger partial charge on any atom is -0.368 e. The standard InChI is InChI=1S/C12H16N2O2/c1-14(9-10-4-6-13-7-5-10)12(15)11-3-2-8-16-11/h4-7,11H,2-3,8-9H2,1H3/t11-/m1/s1. The van der Waals surface area contributed by atoms with E-state index in [4.69, 9.17) is 4.74 Å². The predicted molar refractivity (Wildman–Crippen MR) is 59.7 cm³/mol. The highest BCUT2D eigenvalue weighted by Crippen LogP contribution is 2.15. The van der Waals surface area contributed by atoms with E-state index in [1.807, 2.05) is 19.2 Å². The first-order valence-electron chi connectivity index (χ1n) is 5.53. The van der Waals surface area contributed by atoms with Crippen molar-refractivity contribution < 1.29 is 9.53 Å². The summed E-state index contributed by atoms with van der Waals surface area (Å²) in [7, 11) is 1.81. The lowest BCUT2D eigenvalue weighted by atomic mass is 10.2. The number of carbonyl (C=O) groups excluding carboxylic acids is 1. The van der Waals surface area contributed by atoms with Crippen LogP contribution in [-0.2, 0) is 16.1 Å². The summed E-state index contributed by atoms with van der Waals surface area (Å²) in [4.78, 5) is 17.6. The van der Waals surface area contributed by atoms with Crippen LogP contribution in [-0.4, -0.2) is 35.5 Å². The molecule has 1 atom stereocenters. The Morgan fingerprint density at radius 2 is 2.31 bits per heavy atom. The fourth-order valence-corrected chi connectivity index (χ4v) is 1.86. The molecular weight excluding hydrogens is 204 g/mol. The first-order valence-corrected chi connectivity index (χ1v) is 5.53. The Bertz CT molecular complexity index is 347. The van der Waals surface area contributed by atoms with Crippen molar-refractivity contribution in [3.63, 3.8) is 0 Å². The number of hydrogen-bond donors (Lipinski definition) is 0. The number of aromatic nitrogens is 1. The van der Waals surface area contributed by atoms with E-state index in [9.17, 15) is 4.79 Å². The summed E-state index contributed by atoms with van der Waals surface area (Å²) in [6, 6.07) is 3.83. The molecule has 1 saturated heterocycles. The summed E-state index contributed by atoms with van der Waals surface area (Å²) in [6.07, 6.45) is 5.07. The second kappa shape index (κ2) is 5.07. The molecule has 0 bridgehead atoms. The van der Waals surface area contributed by atoms with Crippen LogP contribution in [0.1, 0.15) is 18.4 Å². The van der Waals surface area contributed by atoms with Gasteiger partial charge in [-0.3, -0.25) is 9.78 Å². The quantitative estimate of drug-likeness (QED) is 0.769. The predicted octanol–water partition coefficient (Wildman–Crippen LogP) is 1.22. The SMILES string of the molecule is CN(Cc1ccncc1)C(=O)[C@H]1CCCO1. The van der Waals surface area contributed by atoms with Gasteiger partial charge in [0.05, 0.1) is 0 Å². The molecule has 0 spiro atoms. The van der Waals surface area contributed by atoms with Gasteiger partial charge < -0.3 is 9.64 Å². The molecule has 2 heterocycles. The normalized spacial score (nSPS) is 19.7. The molecule has 86 valence electrons. The first kappa shape index (κ1) is 11.1. The number of nitrogens with zero attached hydrogens (tertiary/aromatic N) is 2. The van der Waals surface area contributed by atoms with Gasteiger partial charge in [0.15, 0.2) is 0 Å². The molecule has 1 amide bonds. The Kier molecular flexibility index (Phi) is 3.51. The molecular formula is C12H16N2O2. The van der Waals surface area contributed by atoms with E-state index in [1.54, 1.807) is 17.3 Å². The molecule has 4 nitrogen and oxygen atoms in total. The Morgan fingerprint density at radius 1 is 1.56 bits per heavy atom. The smallest absolute Gasteiger partial charge is 0.251 e. The topological polar surface area (TPSA) is 42.4 Å². The van der Waals surface area contributed by atoms with Gasteiger partial charge in [-0.25, -0.2) is 0 Å². The van der Waals surface area contributed by atoms with Crippen LogP contribution in [0.25, 0.3) is 0 Å². The molecule has 0 N–H and O–H groups in total. The molecule has 0 aromatic carbocycles. The fraction of sp³-hybridized carbons (Fsp3) is 0.500. The van der Waals surface area contributed by atoms with Crippen molar-refractivity contribution in [3.05, 3.63) is 30.1 Å². The second-order valence-corrected chi connectivity index (χ2v) is 4.05. The maximum absolute atomic E-state index is 11.9. The lowest BCUT2D eigenvalue weighted by Crippen LogP contribution is -2.35. The van der Waals surface area contributed by atoms with Gasteiger partial charge in [-0.05, 0) is 30.5 Å². The number of carbonyl (C=O) groups is 1. The highest BCUT2D eigenvalue weighted by Gasteiger charge is 2.26. The number of amides is 1. The van der Waals surface area contributed by atoms with Crippen molar-refractivity contribution in [3.8, 4) is 0 Å². The van der Waals surface area contributed by atoms with Gasteiger partial charge in [0.25, 0.3) is 5.91 Å². The van der Waals surface area contributed by atoms with Crippen LogP contribution in [0.5, 0.6) is 0 Å². The third-order valence-corrected chi connectivity index (χ3v) is 2.75. The Hall–Kier alpha value is -1.42. The van der Waals surface area contributed by atoms with Crippen molar-refractivity contribution in [1.82, 2.24) is 9.88 Å². The summed E-state index contributed by atoms with van der Waals surface area (Å²) < 4.78 is 5.37. The van der Waals surface area contributed by atoms with E-state index >= 15 is 0 Å². The Balaban J connectivity index is 1.92. The van der Waals surface area contributed by atoms with Gasteiger partial charge in [0, 0.05) is 32.6 Å². The van der Waals surface area contributed by atoms with Gasteiger partial charge in [0.1, 0.15) is 6.10 Å². The summed E-state index contributed by atoms with van der Waals surface area (Å²) in [5.74, 6) is 0.0781. The summed E-state index contributed by atoms with van der Waals surface area (Å²) in [6.45, 7) is 1.32. The van der Waals surface area contributed by atoms with Crippen molar-refractivity contribution in [1.29, 1.82) is 0 Å². The zero-order valence-electron chi connectivity index (χ0n) is 9.43. The molecule has 1 aromatic rings. The van der Waals surface area contributed by atoms with Crippen LogP contribution in [0.2, 0.25) is 0 Å². The number of pyridine rings is 1. The van der Waals surface area contributed by atoms with Gasteiger partial charge >= 0.3 is 0 Å². The molecule has 16 heavy (non-hydrogen) atoms. The van der Waals surface area contributed by atoms with Gasteiger partial charge in [-0.15, -0.1) is 0 Å². The minimum absolute atomic E-state index is 0.0781. The average molecular weight is 220 g/mol. The van der Waals surface area contributed by atoms with E-state index in [0.29, 0.717) is 13.2 Å². The van der Waals surface area contributed by atoms with Crippen molar-refractivity contribution in [2.45, 2.75) is 25.5 Å². The van der Waals surface area contributed by atoms with E-state index in [1.165, 1.54) is 0 Å². The lowest BCUT2D eigenvalue weighted by Gasteiger charge is -2.20. The zero-order chi connectivity index (χ0) is 11.4. The molecule has 2 rings (SSSR count). The molecule has 0 saturated carbocycles. The van der Waals surface area contributed by atoms with E-state index in [0.717, 1.165) is 18.4 Å². The third-order valence-electron chi connectivity index (χ3n) is 2.75. The average Bonchev–Trinajstić information content (AvgIpc) is 2.83. The first-order chi connectivity index (χ1) is 7.77. The molecule has 1 aliphatic rings. The third kappa shape index (κ3) is 2.58. The summed E-state index contributed by atoms with van der Waals surface area (Å²) in [5, 5.41) is 0. The highest BCUT2D eigenvalue weighted by molar-refractivity contribution is 5.80. The van der Waals surface area contributed by atoms with E-state index in [-0.39, 0.29) is 12.0 Å². The highest BCUT2D eigenvalue weighted by atomic mass is 16.5. The van der Waals surface area contributed by atoms with Crippen LogP contribution in [0, 0.1) is 0 Å². The lowest BCUT2D eigenvalue weighted by molar-refractivity contribution is -0.140. The number of ether oxygens (including phenoxy) is 1. The van der Waals surface area contributed by atoms with Crippen LogP contribution < -0.4 is 0 Å². The molecule has 1 aliphatic heterocycles. The molecule has 0 radical (unpaired) electrons. The second-order valence-electron chi connectivity index (χ2n) is 4.05. The maximum Gasteiger partial charge on any atom is 0.251 e. The molecule has 4 heteroatoms. The number of likely N-dealkylation sites (N-methyl/N-ethyl adjacent to an activating group) is 1. The zero-order valence-corrected chi connectivity index (χ0v) is 9.43. The summed E-state index contributed by atoms with van der Waals surface area (Å²) >= 11 is 0. The largest absolute Gasteiger partial charge is 0.368 e. The number of rotatable bonds is 3. The van der Waals surface area contributed by atoms with Crippen LogP contribution in [0.3, 0.4) is 0 Å². The number of hydrogen-bond acceptors (Lipinski definition) is 3. The van der Waals surface area contributed by atoms with Crippen LogP contribution >= 0.6 is 0 Å². The maximum atomic E-state index is 11.9. The summed E-state index contributed by atoms with van der Waals surface area (Å²) in [5.41, 5.74) is 1.09. The van der Waals surface area contributed by atoms with Gasteiger partial charge in [-0.1, -0.05) is 0 Å². The van der Waals surface area contributed by atoms with Crippen molar-refractivity contribution in [2.24, 2.45) is 0 Å². The molecule has 0 unspecified atom stereocenters. The minimum atomic E-state index is -0.230. The Morgan fingerprint density at radius 3 is 2.94 bits per heavy atom. The van der Waals surface area contributed by atoms with E-state index in [2.05, 4.69) is 4.98 Å². The molecule has 0 aliphatic carbocycles. The fourth-order valence-electron chi connectivity index (χ4n) is 1.86. The van der Waals surface area contributed by atoms with Crippen LogP contribution in [0.4, 0.5) is 0 Å². The van der Waals surface area contributed by atoms with E-state index < -0.39 is 0 Å². The Labute approximate surface area is 95.2 Å².